The van der Waals surface area contributed by atoms with Crippen LogP contribution in [0.1, 0.15) is 41.0 Å². The molecule has 0 aliphatic carbocycles. The summed E-state index contributed by atoms with van der Waals surface area (Å²) in [6.45, 7) is 6.80. The number of amides is 1. The Balaban J connectivity index is 1.55. The molecule has 1 amide bonds. The number of hydrogen-bond acceptors (Lipinski definition) is 5. The molecule has 0 saturated carbocycles. The lowest BCUT2D eigenvalue weighted by Gasteiger charge is -2.37. The van der Waals surface area contributed by atoms with Crippen LogP contribution in [0.3, 0.4) is 0 Å². The summed E-state index contributed by atoms with van der Waals surface area (Å²) in [5.74, 6) is 0.545. The summed E-state index contributed by atoms with van der Waals surface area (Å²) in [5.41, 5.74) is 3.22. The smallest absolute Gasteiger partial charge is 0.243 e. The number of rotatable bonds is 9. The summed E-state index contributed by atoms with van der Waals surface area (Å²) >= 11 is 1.69. The highest BCUT2D eigenvalue weighted by atomic mass is 32.2. The zero-order valence-electron chi connectivity index (χ0n) is 20.4. The van der Waals surface area contributed by atoms with E-state index in [0.717, 1.165) is 28.9 Å². The molecule has 0 bridgehead atoms. The summed E-state index contributed by atoms with van der Waals surface area (Å²) in [7, 11) is -3.78. The number of ether oxygens (including phenoxy) is 1. The highest BCUT2D eigenvalue weighted by molar-refractivity contribution is 7.89. The van der Waals surface area contributed by atoms with Gasteiger partial charge in [0.05, 0.1) is 17.5 Å². The third-order valence-corrected chi connectivity index (χ3v) is 9.14. The van der Waals surface area contributed by atoms with E-state index in [-0.39, 0.29) is 29.9 Å². The lowest BCUT2D eigenvalue weighted by atomic mass is 10.0. The lowest BCUT2D eigenvalue weighted by Crippen LogP contribution is -2.48. The number of benzene rings is 2. The van der Waals surface area contributed by atoms with Gasteiger partial charge in [-0.2, -0.15) is 4.31 Å². The van der Waals surface area contributed by atoms with Gasteiger partial charge in [-0.15, -0.1) is 11.3 Å². The maximum Gasteiger partial charge on any atom is 0.243 e. The average molecular weight is 513 g/mol. The molecule has 2 aromatic carbocycles. The van der Waals surface area contributed by atoms with E-state index in [9.17, 15) is 13.2 Å². The highest BCUT2D eigenvalue weighted by Gasteiger charge is 2.35. The third-order valence-electron chi connectivity index (χ3n) is 6.29. The average Bonchev–Trinajstić information content (AvgIpc) is 3.32. The molecule has 1 aliphatic heterocycles. The lowest BCUT2D eigenvalue weighted by molar-refractivity contribution is -0.135. The number of hydrogen-bond donors (Lipinski definition) is 0. The zero-order chi connectivity index (χ0) is 25.0. The van der Waals surface area contributed by atoms with Gasteiger partial charge in [-0.05, 0) is 68.0 Å². The van der Waals surface area contributed by atoms with E-state index >= 15 is 0 Å². The van der Waals surface area contributed by atoms with Crippen LogP contribution in [0, 0.1) is 13.8 Å². The highest BCUT2D eigenvalue weighted by Crippen LogP contribution is 2.34. The molecule has 8 heteroatoms. The van der Waals surface area contributed by atoms with Gasteiger partial charge in [0, 0.05) is 18.0 Å². The van der Waals surface area contributed by atoms with E-state index in [4.69, 9.17) is 4.74 Å². The predicted octanol–water partition coefficient (Wildman–Crippen LogP) is 4.97. The van der Waals surface area contributed by atoms with Crippen molar-refractivity contribution in [3.05, 3.63) is 81.5 Å². The van der Waals surface area contributed by atoms with Crippen molar-refractivity contribution in [1.29, 1.82) is 0 Å². The molecule has 0 N–H and O–H groups in total. The van der Waals surface area contributed by atoms with Crippen LogP contribution in [-0.4, -0.2) is 49.8 Å². The second kappa shape index (κ2) is 10.9. The number of nitrogens with zero attached hydrogens (tertiary/aromatic N) is 2. The first-order valence-corrected chi connectivity index (χ1v) is 14.2. The second-order valence-electron chi connectivity index (χ2n) is 8.93. The molecule has 1 atom stereocenters. The monoisotopic (exact) mass is 512 g/mol. The van der Waals surface area contributed by atoms with Crippen LogP contribution < -0.4 is 4.74 Å². The number of thiophene rings is 1. The topological polar surface area (TPSA) is 66.9 Å². The molecule has 1 aliphatic rings. The fourth-order valence-electron chi connectivity index (χ4n) is 4.32. The number of aryl methyl sites for hydroxylation is 2. The van der Waals surface area contributed by atoms with Crippen molar-refractivity contribution < 1.29 is 17.9 Å². The third kappa shape index (κ3) is 5.77. The Hall–Kier alpha value is -2.68. The van der Waals surface area contributed by atoms with E-state index in [1.54, 1.807) is 40.5 Å². The van der Waals surface area contributed by atoms with E-state index in [1.165, 1.54) is 9.18 Å². The van der Waals surface area contributed by atoms with Gasteiger partial charge < -0.3 is 9.64 Å². The van der Waals surface area contributed by atoms with Crippen molar-refractivity contribution in [3.63, 3.8) is 0 Å². The van der Waals surface area contributed by atoms with E-state index < -0.39 is 10.0 Å². The first-order chi connectivity index (χ1) is 16.8. The molecule has 186 valence electrons. The van der Waals surface area contributed by atoms with Gasteiger partial charge in [-0.3, -0.25) is 4.79 Å². The quantitative estimate of drug-likeness (QED) is 0.406. The van der Waals surface area contributed by atoms with E-state index in [1.807, 2.05) is 50.4 Å². The van der Waals surface area contributed by atoms with E-state index in [0.29, 0.717) is 19.6 Å². The maximum atomic E-state index is 13.6. The van der Waals surface area contributed by atoms with Crippen LogP contribution in [0.2, 0.25) is 0 Å². The molecule has 6 nitrogen and oxygen atoms in total. The predicted molar refractivity (Wildman–Crippen MR) is 139 cm³/mol. The van der Waals surface area contributed by atoms with Crippen molar-refractivity contribution in [2.24, 2.45) is 0 Å². The molecule has 35 heavy (non-hydrogen) atoms. The SMILES string of the molecule is CCCN(CC(=O)N1CCc2sccc2[C@@H]1COc1ccc(C)cc1)S(=O)(=O)c1ccc(C)cc1. The summed E-state index contributed by atoms with van der Waals surface area (Å²) in [6, 6.07) is 16.4. The van der Waals surface area contributed by atoms with E-state index in [2.05, 4.69) is 6.07 Å². The molecular weight excluding hydrogens is 480 g/mol. The summed E-state index contributed by atoms with van der Waals surface area (Å²) < 4.78 is 34.1. The molecule has 0 unspecified atom stereocenters. The Morgan fingerprint density at radius 2 is 1.71 bits per heavy atom. The van der Waals surface area contributed by atoms with Crippen LogP contribution in [0.5, 0.6) is 5.75 Å². The fraction of sp³-hybridized carbons (Fsp3) is 0.370. The van der Waals surface area contributed by atoms with Crippen molar-refractivity contribution in [2.75, 3.05) is 26.2 Å². The Morgan fingerprint density at radius 1 is 1.06 bits per heavy atom. The summed E-state index contributed by atoms with van der Waals surface area (Å²) in [5, 5.41) is 2.04. The maximum absolute atomic E-state index is 13.6. The van der Waals surface area contributed by atoms with Crippen LogP contribution in [-0.2, 0) is 21.2 Å². The zero-order valence-corrected chi connectivity index (χ0v) is 22.1. The Morgan fingerprint density at radius 3 is 2.37 bits per heavy atom. The number of fused-ring (bicyclic) bond motifs is 1. The largest absolute Gasteiger partial charge is 0.491 e. The van der Waals surface area contributed by atoms with Crippen molar-refractivity contribution in [3.8, 4) is 5.75 Å². The molecular formula is C27H32N2O4S2. The van der Waals surface area contributed by atoms with Crippen LogP contribution in [0.4, 0.5) is 0 Å². The van der Waals surface area contributed by atoms with Gasteiger partial charge in [0.25, 0.3) is 0 Å². The Bertz CT molecular complexity index is 1250. The van der Waals surface area contributed by atoms with Gasteiger partial charge in [0.15, 0.2) is 0 Å². The van der Waals surface area contributed by atoms with Gasteiger partial charge in [0.1, 0.15) is 12.4 Å². The van der Waals surface area contributed by atoms with Crippen LogP contribution in [0.15, 0.2) is 64.9 Å². The summed E-state index contributed by atoms with van der Waals surface area (Å²) in [6.07, 6.45) is 1.38. The number of carbonyl (C=O) groups is 1. The fourth-order valence-corrected chi connectivity index (χ4v) is 6.73. The number of carbonyl (C=O) groups excluding carboxylic acids is 1. The van der Waals surface area contributed by atoms with Crippen LogP contribution >= 0.6 is 11.3 Å². The number of sulfonamides is 1. The molecule has 2 heterocycles. The molecule has 0 fully saturated rings. The van der Waals surface area contributed by atoms with Crippen molar-refractivity contribution >= 4 is 27.3 Å². The first kappa shape index (κ1) is 25.4. The van der Waals surface area contributed by atoms with Gasteiger partial charge in [-0.25, -0.2) is 8.42 Å². The Labute approximate surface area is 212 Å². The standard InChI is InChI=1S/C27H32N2O4S2/c1-4-15-28(35(31,32)23-11-7-21(3)8-12-23)18-27(30)29-16-13-26-24(14-17-34-26)25(29)19-33-22-9-5-20(2)6-10-22/h5-12,14,17,25H,4,13,15-16,18-19H2,1-3H3/t25-/m0/s1. The van der Waals surface area contributed by atoms with Gasteiger partial charge in [0.2, 0.25) is 15.9 Å². The molecule has 0 saturated heterocycles. The van der Waals surface area contributed by atoms with Gasteiger partial charge in [-0.1, -0.05) is 42.3 Å². The Kier molecular flexibility index (Phi) is 7.94. The first-order valence-electron chi connectivity index (χ1n) is 11.9. The molecule has 0 spiro atoms. The van der Waals surface area contributed by atoms with Crippen molar-refractivity contribution in [1.82, 2.24) is 9.21 Å². The van der Waals surface area contributed by atoms with Crippen molar-refractivity contribution in [2.45, 2.75) is 44.6 Å². The summed E-state index contributed by atoms with van der Waals surface area (Å²) in [4.78, 5) is 16.8. The minimum absolute atomic E-state index is 0.190. The molecule has 0 radical (unpaired) electrons. The normalized spacial score (nSPS) is 15.8. The molecule has 3 aromatic rings. The van der Waals surface area contributed by atoms with Gasteiger partial charge >= 0.3 is 0 Å². The minimum Gasteiger partial charge on any atom is -0.491 e. The second-order valence-corrected chi connectivity index (χ2v) is 11.9. The molecule has 1 aromatic heterocycles. The van der Waals surface area contributed by atoms with Crippen LogP contribution in [0.25, 0.3) is 0 Å². The molecule has 4 rings (SSSR count). The minimum atomic E-state index is -3.78.